The van der Waals surface area contributed by atoms with E-state index in [0.29, 0.717) is 16.8 Å². The zero-order chi connectivity index (χ0) is 13.8. The number of nitrogens with zero attached hydrogens (tertiary/aromatic N) is 1. The van der Waals surface area contributed by atoms with E-state index in [0.717, 1.165) is 22.6 Å². The molecule has 3 nitrogen and oxygen atoms in total. The number of aryl methyl sites for hydroxylation is 1. The second-order valence-corrected chi connectivity index (χ2v) is 4.55. The molecule has 0 saturated carbocycles. The minimum absolute atomic E-state index is 0.469. The first-order chi connectivity index (χ1) is 9.15. The number of hydrogen-bond donors (Lipinski definition) is 1. The molecule has 0 radical (unpaired) electrons. The van der Waals surface area contributed by atoms with E-state index in [1.807, 2.05) is 44.2 Å². The van der Waals surface area contributed by atoms with Crippen LogP contribution in [0.2, 0.25) is 0 Å². The summed E-state index contributed by atoms with van der Waals surface area (Å²) in [6, 6.07) is 11.7. The van der Waals surface area contributed by atoms with E-state index < -0.39 is 0 Å². The second kappa shape index (κ2) is 5.68. The van der Waals surface area contributed by atoms with Gasteiger partial charge in [-0.3, -0.25) is 0 Å². The molecule has 2 aromatic rings. The van der Waals surface area contributed by atoms with Crippen LogP contribution in [-0.4, -0.2) is 11.6 Å². The molecular formula is C15H14N2OS. The van der Waals surface area contributed by atoms with Gasteiger partial charge in [-0.1, -0.05) is 12.2 Å². The highest BCUT2D eigenvalue weighted by Crippen LogP contribution is 2.24. The summed E-state index contributed by atoms with van der Waals surface area (Å²) in [6.07, 6.45) is 0. The molecule has 19 heavy (non-hydrogen) atoms. The van der Waals surface area contributed by atoms with Crippen LogP contribution in [0.25, 0.3) is 11.3 Å². The third kappa shape index (κ3) is 2.83. The van der Waals surface area contributed by atoms with Crippen LogP contribution < -0.4 is 4.74 Å². The van der Waals surface area contributed by atoms with Crippen LogP contribution in [0.3, 0.4) is 0 Å². The van der Waals surface area contributed by atoms with E-state index in [1.54, 1.807) is 0 Å². The van der Waals surface area contributed by atoms with Gasteiger partial charge in [-0.25, -0.2) is 0 Å². The van der Waals surface area contributed by atoms with Crippen molar-refractivity contribution in [3.63, 3.8) is 0 Å². The molecule has 0 bridgehead atoms. The number of nitriles is 1. The lowest BCUT2D eigenvalue weighted by Gasteiger charge is -2.08. The van der Waals surface area contributed by atoms with Crippen molar-refractivity contribution in [2.24, 2.45) is 0 Å². The van der Waals surface area contributed by atoms with Gasteiger partial charge in [0.25, 0.3) is 0 Å². The van der Waals surface area contributed by atoms with Gasteiger partial charge in [-0.15, -0.1) is 0 Å². The van der Waals surface area contributed by atoms with Crippen molar-refractivity contribution in [3.8, 4) is 23.1 Å². The number of aromatic amines is 1. The number of pyridine rings is 1. The molecule has 2 rings (SSSR count). The Balaban J connectivity index is 2.45. The molecule has 0 saturated heterocycles. The summed E-state index contributed by atoms with van der Waals surface area (Å²) >= 11 is 5.16. The number of rotatable bonds is 3. The molecule has 1 aromatic carbocycles. The minimum atomic E-state index is 0.469. The summed E-state index contributed by atoms with van der Waals surface area (Å²) in [5.41, 5.74) is 3.46. The van der Waals surface area contributed by atoms with Crippen molar-refractivity contribution < 1.29 is 4.74 Å². The topological polar surface area (TPSA) is 48.8 Å². The predicted octanol–water partition coefficient (Wildman–Crippen LogP) is 3.99. The van der Waals surface area contributed by atoms with Crippen LogP contribution in [0.1, 0.15) is 18.1 Å². The van der Waals surface area contributed by atoms with Crippen LogP contribution in [0.4, 0.5) is 0 Å². The zero-order valence-corrected chi connectivity index (χ0v) is 11.7. The summed E-state index contributed by atoms with van der Waals surface area (Å²) in [5, 5.41) is 8.95. The molecule has 0 aliphatic heterocycles. The average Bonchev–Trinajstić information content (AvgIpc) is 2.42. The maximum absolute atomic E-state index is 8.95. The monoisotopic (exact) mass is 270 g/mol. The molecule has 1 aromatic heterocycles. The smallest absolute Gasteiger partial charge is 0.121 e. The lowest BCUT2D eigenvalue weighted by molar-refractivity contribution is 0.340. The SMILES string of the molecule is CCOc1ccc(-c2[nH]c(=S)c(C#N)cc2C)cc1. The fraction of sp³-hybridized carbons (Fsp3) is 0.200. The van der Waals surface area contributed by atoms with Gasteiger partial charge >= 0.3 is 0 Å². The second-order valence-electron chi connectivity index (χ2n) is 4.14. The van der Waals surface area contributed by atoms with Crippen LogP contribution in [-0.2, 0) is 0 Å². The van der Waals surface area contributed by atoms with Crippen LogP contribution >= 0.6 is 12.2 Å². The summed E-state index contributed by atoms with van der Waals surface area (Å²) in [7, 11) is 0. The average molecular weight is 270 g/mol. The van der Waals surface area contributed by atoms with Gasteiger partial charge in [0.1, 0.15) is 16.5 Å². The number of aromatic nitrogens is 1. The summed E-state index contributed by atoms with van der Waals surface area (Å²) < 4.78 is 5.88. The third-order valence-electron chi connectivity index (χ3n) is 2.81. The summed E-state index contributed by atoms with van der Waals surface area (Å²) in [4.78, 5) is 3.11. The van der Waals surface area contributed by atoms with Crippen LogP contribution in [0.5, 0.6) is 5.75 Å². The normalized spacial score (nSPS) is 9.95. The van der Waals surface area contributed by atoms with Crippen LogP contribution in [0, 0.1) is 22.9 Å². The lowest BCUT2D eigenvalue weighted by Crippen LogP contribution is -1.94. The van der Waals surface area contributed by atoms with Crippen molar-refractivity contribution in [3.05, 3.63) is 46.1 Å². The van der Waals surface area contributed by atoms with Crippen LogP contribution in [0.15, 0.2) is 30.3 Å². The first kappa shape index (κ1) is 13.3. The molecule has 1 heterocycles. The third-order valence-corrected chi connectivity index (χ3v) is 3.13. The molecule has 0 atom stereocenters. The lowest BCUT2D eigenvalue weighted by atomic mass is 10.1. The van der Waals surface area contributed by atoms with Gasteiger partial charge in [-0.2, -0.15) is 5.26 Å². The molecular weight excluding hydrogens is 256 g/mol. The fourth-order valence-corrected chi connectivity index (χ4v) is 2.11. The minimum Gasteiger partial charge on any atom is -0.494 e. The van der Waals surface area contributed by atoms with Gasteiger partial charge in [0, 0.05) is 5.69 Å². The molecule has 0 fully saturated rings. The Kier molecular flexibility index (Phi) is 3.98. The number of hydrogen-bond acceptors (Lipinski definition) is 3. The van der Waals surface area contributed by atoms with E-state index in [9.17, 15) is 0 Å². The van der Waals surface area contributed by atoms with Gasteiger partial charge < -0.3 is 9.72 Å². The van der Waals surface area contributed by atoms with Gasteiger partial charge in [0.05, 0.1) is 12.2 Å². The number of nitrogens with one attached hydrogen (secondary N) is 1. The molecule has 0 aliphatic rings. The van der Waals surface area contributed by atoms with Crippen molar-refractivity contribution in [2.45, 2.75) is 13.8 Å². The number of H-pyrrole nitrogens is 1. The first-order valence-electron chi connectivity index (χ1n) is 6.03. The molecule has 0 spiro atoms. The maximum atomic E-state index is 8.95. The van der Waals surface area contributed by atoms with Crippen molar-refractivity contribution >= 4 is 12.2 Å². The van der Waals surface area contributed by atoms with E-state index in [2.05, 4.69) is 11.1 Å². The van der Waals surface area contributed by atoms with E-state index >= 15 is 0 Å². The number of ether oxygens (including phenoxy) is 1. The Morgan fingerprint density at radius 2 is 2.00 bits per heavy atom. The Labute approximate surface area is 117 Å². The molecule has 96 valence electrons. The molecule has 4 heteroatoms. The summed E-state index contributed by atoms with van der Waals surface area (Å²) in [6.45, 7) is 4.56. The maximum Gasteiger partial charge on any atom is 0.121 e. The highest BCUT2D eigenvalue weighted by atomic mass is 32.1. The Morgan fingerprint density at radius 1 is 1.32 bits per heavy atom. The quantitative estimate of drug-likeness (QED) is 0.858. The molecule has 0 amide bonds. The highest BCUT2D eigenvalue weighted by molar-refractivity contribution is 7.71. The van der Waals surface area contributed by atoms with E-state index in [-0.39, 0.29) is 0 Å². The molecule has 1 N–H and O–H groups in total. The largest absolute Gasteiger partial charge is 0.494 e. The first-order valence-corrected chi connectivity index (χ1v) is 6.43. The fourth-order valence-electron chi connectivity index (χ4n) is 1.90. The summed E-state index contributed by atoms with van der Waals surface area (Å²) in [5.74, 6) is 0.844. The van der Waals surface area contributed by atoms with E-state index in [1.165, 1.54) is 0 Å². The van der Waals surface area contributed by atoms with Gasteiger partial charge in [-0.05, 0) is 55.3 Å². The zero-order valence-electron chi connectivity index (χ0n) is 10.9. The van der Waals surface area contributed by atoms with Gasteiger partial charge in [0.2, 0.25) is 0 Å². The van der Waals surface area contributed by atoms with E-state index in [4.69, 9.17) is 22.2 Å². The Hall–Kier alpha value is -2.12. The highest BCUT2D eigenvalue weighted by Gasteiger charge is 2.05. The standard InChI is InChI=1S/C15H14N2OS/c1-3-18-13-6-4-11(5-7-13)14-10(2)8-12(9-16)15(19)17-14/h4-8H,3H2,1-2H3,(H,17,19). The van der Waals surface area contributed by atoms with Crippen molar-refractivity contribution in [2.75, 3.05) is 6.61 Å². The number of benzene rings is 1. The van der Waals surface area contributed by atoms with Crippen molar-refractivity contribution in [1.82, 2.24) is 4.98 Å². The van der Waals surface area contributed by atoms with Gasteiger partial charge in [0.15, 0.2) is 0 Å². The molecule has 0 aliphatic carbocycles. The predicted molar refractivity (Wildman–Crippen MR) is 77.7 cm³/mol. The van der Waals surface area contributed by atoms with Crippen molar-refractivity contribution in [1.29, 1.82) is 5.26 Å². The Bertz CT molecular complexity index is 681. The molecule has 0 unspecified atom stereocenters. The Morgan fingerprint density at radius 3 is 2.58 bits per heavy atom.